The molecular formula is C28H25F2N7O3. The SMILES string of the molecule is O=C(Cn1c(=O)n([C@@H]2CCOc3c(F)cccc32)c2nc(-n3cnc4ccc(F)cc43)ncc21)N1CCCCC1. The lowest BCUT2D eigenvalue weighted by Crippen LogP contribution is -2.40. The summed E-state index contributed by atoms with van der Waals surface area (Å²) in [5, 5.41) is 0. The average molecular weight is 546 g/mol. The van der Waals surface area contributed by atoms with Gasteiger partial charge in [0, 0.05) is 31.1 Å². The van der Waals surface area contributed by atoms with Crippen molar-refractivity contribution >= 4 is 28.1 Å². The number of benzene rings is 2. The summed E-state index contributed by atoms with van der Waals surface area (Å²) >= 11 is 0. The minimum atomic E-state index is -0.583. The number of imidazole rings is 2. The molecule has 12 heteroatoms. The van der Waals surface area contributed by atoms with E-state index in [1.165, 1.54) is 39.9 Å². The van der Waals surface area contributed by atoms with Crippen molar-refractivity contribution in [3.63, 3.8) is 0 Å². The Morgan fingerprint density at radius 1 is 1.05 bits per heavy atom. The van der Waals surface area contributed by atoms with Crippen LogP contribution in [0.15, 0.2) is 53.7 Å². The van der Waals surface area contributed by atoms with Crippen LogP contribution in [0.3, 0.4) is 0 Å². The van der Waals surface area contributed by atoms with E-state index >= 15 is 0 Å². The molecule has 40 heavy (non-hydrogen) atoms. The predicted octanol–water partition coefficient (Wildman–Crippen LogP) is 3.59. The first kappa shape index (κ1) is 24.4. The Balaban J connectivity index is 1.41. The van der Waals surface area contributed by atoms with Gasteiger partial charge in [-0.25, -0.2) is 23.5 Å². The van der Waals surface area contributed by atoms with Crippen molar-refractivity contribution in [2.45, 2.75) is 38.3 Å². The molecule has 0 unspecified atom stereocenters. The van der Waals surface area contributed by atoms with Gasteiger partial charge in [0.25, 0.3) is 0 Å². The predicted molar refractivity (Wildman–Crippen MR) is 141 cm³/mol. The molecule has 1 amide bonds. The van der Waals surface area contributed by atoms with Crippen molar-refractivity contribution in [3.8, 4) is 11.7 Å². The monoisotopic (exact) mass is 545 g/mol. The van der Waals surface area contributed by atoms with Gasteiger partial charge in [-0.2, -0.15) is 4.98 Å². The number of fused-ring (bicyclic) bond motifs is 3. The highest BCUT2D eigenvalue weighted by Gasteiger charge is 2.31. The van der Waals surface area contributed by atoms with Gasteiger partial charge in [0.2, 0.25) is 11.9 Å². The van der Waals surface area contributed by atoms with E-state index < -0.39 is 23.4 Å². The summed E-state index contributed by atoms with van der Waals surface area (Å²) in [5.41, 5.74) is 1.74. The lowest BCUT2D eigenvalue weighted by Gasteiger charge is -2.27. The van der Waals surface area contributed by atoms with Crippen LogP contribution in [0.2, 0.25) is 0 Å². The molecule has 2 aromatic carbocycles. The molecule has 5 aromatic rings. The van der Waals surface area contributed by atoms with E-state index in [1.807, 2.05) is 0 Å². The Morgan fingerprint density at radius 3 is 2.75 bits per heavy atom. The number of aromatic nitrogens is 6. The summed E-state index contributed by atoms with van der Waals surface area (Å²) in [4.78, 5) is 42.6. The van der Waals surface area contributed by atoms with E-state index in [-0.39, 0.29) is 36.4 Å². The number of amides is 1. The summed E-state index contributed by atoms with van der Waals surface area (Å²) in [5.74, 6) is -0.821. The number of rotatable bonds is 4. The number of likely N-dealkylation sites (tertiary alicyclic amines) is 1. The van der Waals surface area contributed by atoms with Crippen LogP contribution in [0.4, 0.5) is 8.78 Å². The van der Waals surface area contributed by atoms with Crippen LogP contribution < -0.4 is 10.4 Å². The zero-order chi connectivity index (χ0) is 27.4. The second-order valence-corrected chi connectivity index (χ2v) is 10.1. The average Bonchev–Trinajstić information content (AvgIpc) is 3.51. The zero-order valence-corrected chi connectivity index (χ0v) is 21.5. The highest BCUT2D eigenvalue weighted by atomic mass is 19.1. The van der Waals surface area contributed by atoms with Gasteiger partial charge in [-0.15, -0.1) is 0 Å². The van der Waals surface area contributed by atoms with Crippen LogP contribution in [-0.2, 0) is 11.3 Å². The van der Waals surface area contributed by atoms with Crippen molar-refractivity contribution in [2.75, 3.05) is 19.7 Å². The molecule has 0 N–H and O–H groups in total. The molecule has 1 fully saturated rings. The number of ether oxygens (including phenoxy) is 1. The van der Waals surface area contributed by atoms with Gasteiger partial charge in [0.1, 0.15) is 24.2 Å². The highest BCUT2D eigenvalue weighted by Crippen LogP contribution is 2.37. The first-order chi connectivity index (χ1) is 19.5. The Labute approximate surface area is 226 Å². The van der Waals surface area contributed by atoms with Gasteiger partial charge >= 0.3 is 5.69 Å². The minimum Gasteiger partial charge on any atom is -0.490 e. The zero-order valence-electron chi connectivity index (χ0n) is 21.5. The maximum atomic E-state index is 14.7. The third kappa shape index (κ3) is 3.93. The fourth-order valence-corrected chi connectivity index (χ4v) is 5.75. The van der Waals surface area contributed by atoms with Gasteiger partial charge < -0.3 is 9.64 Å². The fourth-order valence-electron chi connectivity index (χ4n) is 5.75. The molecule has 0 bridgehead atoms. The maximum absolute atomic E-state index is 14.7. The van der Waals surface area contributed by atoms with Gasteiger partial charge in [-0.3, -0.25) is 18.5 Å². The van der Waals surface area contributed by atoms with E-state index in [4.69, 9.17) is 9.72 Å². The van der Waals surface area contributed by atoms with Crippen LogP contribution in [0.1, 0.15) is 37.3 Å². The van der Waals surface area contributed by atoms with Crippen LogP contribution in [0, 0.1) is 11.6 Å². The summed E-state index contributed by atoms with van der Waals surface area (Å²) in [7, 11) is 0. The molecule has 3 aromatic heterocycles. The number of para-hydroxylation sites is 1. The lowest BCUT2D eigenvalue weighted by molar-refractivity contribution is -0.132. The molecule has 0 aliphatic carbocycles. The fraction of sp³-hybridized carbons (Fsp3) is 0.321. The molecule has 0 radical (unpaired) electrons. The summed E-state index contributed by atoms with van der Waals surface area (Å²) in [6.45, 7) is 1.35. The van der Waals surface area contributed by atoms with Crippen LogP contribution in [0.5, 0.6) is 5.75 Å². The largest absolute Gasteiger partial charge is 0.490 e. The number of carbonyl (C=O) groups excluding carboxylic acids is 1. The lowest BCUT2D eigenvalue weighted by atomic mass is 10.00. The molecule has 1 atom stereocenters. The molecule has 2 aliphatic rings. The Morgan fingerprint density at radius 2 is 1.90 bits per heavy atom. The number of hydrogen-bond acceptors (Lipinski definition) is 6. The minimum absolute atomic E-state index is 0.0984. The molecule has 1 saturated heterocycles. The standard InChI is InChI=1S/C28H25F2N7O3/c29-17-7-8-20-22(13-17)36(16-32-20)27-31-14-23-26(33-27)37(21-9-12-40-25-18(21)5-4-6-19(25)30)28(39)35(23)15-24(38)34-10-2-1-3-11-34/h4-8,13-14,16,21H,1-3,9-12,15H2/t21-/m1/s1. The number of halogens is 2. The third-order valence-electron chi connectivity index (χ3n) is 7.73. The topological polar surface area (TPSA) is 100 Å². The summed E-state index contributed by atoms with van der Waals surface area (Å²) in [6.07, 6.45) is 6.32. The van der Waals surface area contributed by atoms with E-state index in [1.54, 1.807) is 27.7 Å². The smallest absolute Gasteiger partial charge is 0.331 e. The van der Waals surface area contributed by atoms with E-state index in [2.05, 4.69) is 9.97 Å². The van der Waals surface area contributed by atoms with Crippen LogP contribution in [0.25, 0.3) is 28.1 Å². The molecule has 7 rings (SSSR count). The third-order valence-corrected chi connectivity index (χ3v) is 7.73. The second kappa shape index (κ2) is 9.54. The van der Waals surface area contributed by atoms with Crippen molar-refractivity contribution in [1.82, 2.24) is 33.6 Å². The Bertz CT molecular complexity index is 1840. The van der Waals surface area contributed by atoms with Crippen LogP contribution >= 0.6 is 0 Å². The van der Waals surface area contributed by atoms with Gasteiger partial charge in [-0.1, -0.05) is 12.1 Å². The quantitative estimate of drug-likeness (QED) is 0.342. The Kier molecular flexibility index (Phi) is 5.83. The second-order valence-electron chi connectivity index (χ2n) is 10.1. The number of nitrogens with zero attached hydrogens (tertiary/aromatic N) is 7. The number of hydrogen-bond donors (Lipinski definition) is 0. The molecule has 2 aliphatic heterocycles. The Hall–Kier alpha value is -4.61. The van der Waals surface area contributed by atoms with E-state index in [9.17, 15) is 18.4 Å². The molecule has 204 valence electrons. The first-order valence-electron chi connectivity index (χ1n) is 13.3. The van der Waals surface area contributed by atoms with Crippen molar-refractivity contribution in [1.29, 1.82) is 0 Å². The van der Waals surface area contributed by atoms with Gasteiger partial charge in [0.15, 0.2) is 17.2 Å². The summed E-state index contributed by atoms with van der Waals surface area (Å²) in [6, 6.07) is 8.25. The van der Waals surface area contributed by atoms with Gasteiger partial charge in [0.05, 0.1) is 29.9 Å². The molecule has 0 spiro atoms. The number of piperidine rings is 1. The first-order valence-corrected chi connectivity index (χ1v) is 13.3. The number of carbonyl (C=O) groups is 1. The molecule has 10 nitrogen and oxygen atoms in total. The molecule has 0 saturated carbocycles. The van der Waals surface area contributed by atoms with Crippen molar-refractivity contribution in [3.05, 3.63) is 76.6 Å². The van der Waals surface area contributed by atoms with Crippen molar-refractivity contribution < 1.29 is 18.3 Å². The summed E-state index contributed by atoms with van der Waals surface area (Å²) < 4.78 is 38.7. The van der Waals surface area contributed by atoms with Crippen molar-refractivity contribution in [2.24, 2.45) is 0 Å². The van der Waals surface area contributed by atoms with E-state index in [0.29, 0.717) is 41.6 Å². The van der Waals surface area contributed by atoms with Crippen LogP contribution in [-0.4, -0.2) is 59.2 Å². The maximum Gasteiger partial charge on any atom is 0.331 e. The molecule has 5 heterocycles. The normalized spacial score (nSPS) is 17.2. The molecular weight excluding hydrogens is 520 g/mol. The van der Waals surface area contributed by atoms with Gasteiger partial charge in [-0.05, 0) is 37.5 Å². The highest BCUT2D eigenvalue weighted by molar-refractivity contribution is 5.80. The van der Waals surface area contributed by atoms with E-state index in [0.717, 1.165) is 19.3 Å².